The summed E-state index contributed by atoms with van der Waals surface area (Å²) in [5.74, 6) is -2.67. The summed E-state index contributed by atoms with van der Waals surface area (Å²) in [6.45, 7) is 23.9. The van der Waals surface area contributed by atoms with Gasteiger partial charge in [0.2, 0.25) is 11.8 Å². The lowest BCUT2D eigenvalue weighted by molar-refractivity contribution is -0.385. The first-order valence-corrected chi connectivity index (χ1v) is 40.8. The maximum atomic E-state index is 12.9. The van der Waals surface area contributed by atoms with Crippen LogP contribution in [0.2, 0.25) is 0 Å². The third-order valence-electron chi connectivity index (χ3n) is 16.5. The van der Waals surface area contributed by atoms with E-state index >= 15 is 0 Å². The fraction of sp³-hybridized carbons (Fsp3) is 0.692. The fourth-order valence-corrected chi connectivity index (χ4v) is 11.8. The van der Waals surface area contributed by atoms with Crippen molar-refractivity contribution >= 4 is 82.5 Å². The Morgan fingerprint density at radius 1 is 0.475 bits per heavy atom. The van der Waals surface area contributed by atoms with Crippen LogP contribution in [0.4, 0.5) is 11.4 Å². The van der Waals surface area contributed by atoms with Crippen LogP contribution in [-0.2, 0) is 135 Å². The van der Waals surface area contributed by atoms with Gasteiger partial charge >= 0.3 is 35.8 Å². The van der Waals surface area contributed by atoms with Crippen molar-refractivity contribution in [2.45, 2.75) is 104 Å². The number of carbonyl (C=O) groups is 8. The monoisotopic (exact) mass is 1720 g/mol. The van der Waals surface area contributed by atoms with Crippen molar-refractivity contribution in [3.8, 4) is 23.0 Å². The van der Waals surface area contributed by atoms with Crippen LogP contribution in [0.1, 0.15) is 91.2 Å². The van der Waals surface area contributed by atoms with Gasteiger partial charge in [0, 0.05) is 72.3 Å². The van der Waals surface area contributed by atoms with Crippen molar-refractivity contribution in [2.75, 3.05) is 238 Å². The Morgan fingerprint density at radius 2 is 0.814 bits per heavy atom. The van der Waals surface area contributed by atoms with Crippen molar-refractivity contribution in [1.82, 2.24) is 10.6 Å². The number of nitrogens with one attached hydrogen (secondary N) is 2. The summed E-state index contributed by atoms with van der Waals surface area (Å²) >= 11 is 2.37. The van der Waals surface area contributed by atoms with Gasteiger partial charge in [0.25, 0.3) is 11.4 Å². The molecular formula is C78H122N4O34S2. The molecule has 2 aromatic carbocycles. The molecule has 40 heteroatoms. The number of hydrogen-bond acceptors (Lipinski definition) is 36. The molecule has 4 aliphatic heterocycles. The molecular weight excluding hydrogens is 1600 g/mol. The maximum Gasteiger partial charge on any atom is 0.333 e. The van der Waals surface area contributed by atoms with Crippen molar-refractivity contribution < 1.29 is 152 Å². The van der Waals surface area contributed by atoms with Crippen LogP contribution in [0.3, 0.4) is 0 Å². The standard InChI is InChI=1S/C41H66N2O17S.C30H44N2O14S.C7H12O3/c1-7-41(4,39(47)60-23-13-50-5)11-8-10-40(2,3)38(46)59-26-22-56-21-24-57-34-27-31-29-61-30-32(37(45)51-6)42-36(44)9-12-52-14-15-53-16-17-54-18-19-55-20-25-58-35(34)28-33(31)43(48)49;1-22(2)29(34)46-17-14-43-13-15-44-26-18-23-20-47-21-24(30(35)38-3)31-28(33)4-5-39-6-7-40-8-9-41-10-11-42-12-16-45-27(26)19-25(23)32(36)37;1-6(2)7(8)10-5-4-9-3/h27-28,32H,7-26,29-30H2,1-6H3,(H,42,44);18-19,24H,1,4-17,20-21H2,2-3H3,(H,31,33);1,4-5H2,2-3H3. The Morgan fingerprint density at radius 3 is 1.17 bits per heavy atom. The van der Waals surface area contributed by atoms with Crippen molar-refractivity contribution in [1.29, 1.82) is 0 Å². The predicted octanol–water partition coefficient (Wildman–Crippen LogP) is 6.68. The third-order valence-corrected chi connectivity index (χ3v) is 18.7. The van der Waals surface area contributed by atoms with Gasteiger partial charge in [-0.2, -0.15) is 23.5 Å². The Bertz CT molecular complexity index is 3320. The number of benzene rings is 2. The Hall–Kier alpha value is -8.10. The number of amides is 2. The predicted molar refractivity (Wildman–Crippen MR) is 429 cm³/mol. The molecule has 0 aromatic heterocycles. The van der Waals surface area contributed by atoms with Crippen molar-refractivity contribution in [3.05, 3.63) is 79.9 Å². The molecule has 0 spiro atoms. The van der Waals surface area contributed by atoms with Crippen molar-refractivity contribution in [2.24, 2.45) is 10.8 Å². The number of methoxy groups -OCH3 is 4. The number of hydrogen-bond donors (Lipinski definition) is 2. The van der Waals surface area contributed by atoms with E-state index in [4.69, 9.17) is 94.7 Å². The molecule has 0 fully saturated rings. The van der Waals surface area contributed by atoms with Crippen LogP contribution in [0.15, 0.2) is 48.6 Å². The number of carbonyl (C=O) groups excluding carboxylic acids is 8. The van der Waals surface area contributed by atoms with E-state index in [1.165, 1.54) is 62.0 Å². The molecule has 2 N–H and O–H groups in total. The molecule has 0 radical (unpaired) electrons. The Labute approximate surface area is 698 Å². The maximum absolute atomic E-state index is 12.9. The average molecular weight is 1720 g/mol. The van der Waals surface area contributed by atoms with Gasteiger partial charge in [-0.15, -0.1) is 0 Å². The molecule has 118 heavy (non-hydrogen) atoms. The highest BCUT2D eigenvalue weighted by atomic mass is 32.2. The molecule has 2 aromatic rings. The number of fused-ring (bicyclic) bond motifs is 44. The van der Waals surface area contributed by atoms with E-state index in [0.717, 1.165) is 0 Å². The zero-order chi connectivity index (χ0) is 87.2. The quantitative estimate of drug-likeness (QED) is 0.0143. The zero-order valence-electron chi connectivity index (χ0n) is 69.8. The number of rotatable bonds is 33. The SMILES string of the molecule is C=C(C)C(=O)OCCOC.C=C(C)C(=O)OCCOCCOc1cc2c([N+](=O)[O-])cc1OCCOCCOCCOCCOCCC(=O)NC(C(=O)OC)CSC2.CCC(C)(CCCC(C)(C)C(=O)OCCOCCOc1cc2c([N+](=O)[O-])cc1OCCOCCOCCOCCOCCC(=O)NC(C(=O)OC)CSC2)C(=O)OCCOC. The van der Waals surface area contributed by atoms with E-state index < -0.39 is 62.5 Å². The van der Waals surface area contributed by atoms with Gasteiger partial charge in [-0.1, -0.05) is 26.5 Å². The lowest BCUT2D eigenvalue weighted by atomic mass is 9.79. The molecule has 2 amide bonds. The van der Waals surface area contributed by atoms with Crippen LogP contribution >= 0.6 is 23.5 Å². The van der Waals surface area contributed by atoms with Gasteiger partial charge in [0.15, 0.2) is 23.0 Å². The van der Waals surface area contributed by atoms with Gasteiger partial charge < -0.3 is 115 Å². The van der Waals surface area contributed by atoms with Crippen LogP contribution < -0.4 is 29.6 Å². The molecule has 38 nitrogen and oxygen atoms in total. The normalized spacial score (nSPS) is 17.2. The third kappa shape index (κ3) is 47.6. The molecule has 4 bridgehead atoms. The zero-order valence-corrected chi connectivity index (χ0v) is 71.4. The smallest absolute Gasteiger partial charge is 0.333 e. The summed E-state index contributed by atoms with van der Waals surface area (Å²) in [5, 5.41) is 29.5. The minimum absolute atomic E-state index is 0.000811. The Kier molecular flexibility index (Phi) is 58.2. The van der Waals surface area contributed by atoms with Crippen molar-refractivity contribution in [3.63, 3.8) is 0 Å². The van der Waals surface area contributed by atoms with Gasteiger partial charge in [0.05, 0.1) is 192 Å². The molecule has 6 rings (SSSR count). The molecule has 0 aliphatic carbocycles. The number of nitrogens with zero attached hydrogens (tertiary/aromatic N) is 2. The second kappa shape index (κ2) is 64.8. The highest BCUT2D eigenvalue weighted by Gasteiger charge is 2.36. The van der Waals surface area contributed by atoms with E-state index in [0.29, 0.717) is 122 Å². The number of esters is 6. The van der Waals surface area contributed by atoms with E-state index in [1.54, 1.807) is 41.9 Å². The lowest BCUT2D eigenvalue weighted by Gasteiger charge is -2.28. The fourth-order valence-electron chi connectivity index (χ4n) is 9.72. The van der Waals surface area contributed by atoms with E-state index in [2.05, 4.69) is 33.3 Å². The van der Waals surface area contributed by atoms with E-state index in [1.807, 2.05) is 13.8 Å². The lowest BCUT2D eigenvalue weighted by Crippen LogP contribution is -2.43. The first-order chi connectivity index (χ1) is 56.7. The van der Waals surface area contributed by atoms with Crippen LogP contribution in [0.25, 0.3) is 0 Å². The highest BCUT2D eigenvalue weighted by molar-refractivity contribution is 7.98. The number of thioether (sulfide) groups is 2. The van der Waals surface area contributed by atoms with Gasteiger partial charge in [-0.05, 0) is 66.0 Å². The number of ether oxygens (including phenoxy) is 22. The summed E-state index contributed by atoms with van der Waals surface area (Å²) in [6.07, 6.45) is 2.30. The molecule has 670 valence electrons. The average Bonchev–Trinajstić information content (AvgIpc) is 0.825. The summed E-state index contributed by atoms with van der Waals surface area (Å²) in [4.78, 5) is 121. The first-order valence-electron chi connectivity index (χ1n) is 38.5. The van der Waals surface area contributed by atoms with Crippen LogP contribution in [0.5, 0.6) is 23.0 Å². The topological polar surface area (TPSA) is 450 Å². The number of nitro benzene ring substituents is 2. The first kappa shape index (κ1) is 106. The largest absolute Gasteiger partial charge is 0.487 e. The highest BCUT2D eigenvalue weighted by Crippen LogP contribution is 2.39. The summed E-state index contributed by atoms with van der Waals surface area (Å²) in [6, 6.07) is 3.54. The van der Waals surface area contributed by atoms with E-state index in [-0.39, 0.29) is 213 Å². The number of nitro groups is 2. The summed E-state index contributed by atoms with van der Waals surface area (Å²) in [7, 11) is 5.50. The second-order valence-electron chi connectivity index (χ2n) is 26.4. The van der Waals surface area contributed by atoms with Gasteiger partial charge in [0.1, 0.15) is 64.9 Å². The molecule has 4 aliphatic rings. The van der Waals surface area contributed by atoms with Crippen LogP contribution in [-0.4, -0.2) is 308 Å². The molecule has 4 heterocycles. The van der Waals surface area contributed by atoms with Gasteiger partial charge in [-0.3, -0.25) is 39.4 Å². The minimum atomic E-state index is -1.01. The second-order valence-corrected chi connectivity index (χ2v) is 28.5. The molecule has 0 saturated heterocycles. The van der Waals surface area contributed by atoms with Gasteiger partial charge in [-0.25, -0.2) is 19.2 Å². The molecule has 0 saturated carbocycles. The summed E-state index contributed by atoms with van der Waals surface area (Å²) < 4.78 is 118. The molecule has 3 unspecified atom stereocenters. The van der Waals surface area contributed by atoms with E-state index in [9.17, 15) is 58.6 Å². The summed E-state index contributed by atoms with van der Waals surface area (Å²) in [5.41, 5.74) is -0.607. The van der Waals surface area contributed by atoms with Crippen LogP contribution in [0, 0.1) is 31.1 Å². The minimum Gasteiger partial charge on any atom is -0.487 e. The molecule has 3 atom stereocenters. The Balaban J connectivity index is 0.000000733.